The summed E-state index contributed by atoms with van der Waals surface area (Å²) in [4.78, 5) is 13.3. The summed E-state index contributed by atoms with van der Waals surface area (Å²) in [7, 11) is 0. The van der Waals surface area contributed by atoms with Crippen LogP contribution in [0.2, 0.25) is 0 Å². The minimum atomic E-state index is -4.86. The third-order valence-corrected chi connectivity index (χ3v) is 4.37. The van der Waals surface area contributed by atoms with Gasteiger partial charge >= 0.3 is 12.1 Å². The van der Waals surface area contributed by atoms with Crippen molar-refractivity contribution in [3.05, 3.63) is 71.8 Å². The van der Waals surface area contributed by atoms with Gasteiger partial charge in [0.2, 0.25) is 0 Å². The average Bonchev–Trinajstić information content (AvgIpc) is 2.55. The number of likely N-dealkylation sites (tertiary alicyclic amines) is 1. The lowest BCUT2D eigenvalue weighted by Gasteiger charge is -2.52. The Kier molecular flexibility index (Phi) is 4.56. The second-order valence-electron chi connectivity index (χ2n) is 6.64. The highest BCUT2D eigenvalue weighted by molar-refractivity contribution is 5.82. The standard InChI is InChI=1S/C19H19F3N2O/c1-18(23-17(25)19(20,21)22)12-24(13-18)16(14-8-4-2-5-9-14)15-10-6-3-7-11-15/h2-11,16H,12-13H2,1H3,(H,23,25). The molecule has 132 valence electrons. The highest BCUT2D eigenvalue weighted by atomic mass is 19.4. The van der Waals surface area contributed by atoms with Crippen LogP contribution in [0.15, 0.2) is 60.7 Å². The zero-order chi connectivity index (χ0) is 18.1. The van der Waals surface area contributed by atoms with Crippen LogP contribution >= 0.6 is 0 Å². The van der Waals surface area contributed by atoms with Crippen LogP contribution in [0.1, 0.15) is 24.1 Å². The molecule has 3 nitrogen and oxygen atoms in total. The summed E-state index contributed by atoms with van der Waals surface area (Å²) < 4.78 is 37.5. The average molecular weight is 348 g/mol. The van der Waals surface area contributed by atoms with Crippen LogP contribution < -0.4 is 5.32 Å². The highest BCUT2D eigenvalue weighted by Crippen LogP contribution is 2.36. The molecule has 1 amide bonds. The van der Waals surface area contributed by atoms with Gasteiger partial charge in [-0.2, -0.15) is 13.2 Å². The molecule has 0 aliphatic carbocycles. The van der Waals surface area contributed by atoms with Gasteiger partial charge in [-0.1, -0.05) is 60.7 Å². The lowest BCUT2D eigenvalue weighted by Crippen LogP contribution is -2.70. The molecule has 1 fully saturated rings. The predicted molar refractivity (Wildman–Crippen MR) is 88.9 cm³/mol. The van der Waals surface area contributed by atoms with Crippen molar-refractivity contribution in [2.75, 3.05) is 13.1 Å². The first-order valence-corrected chi connectivity index (χ1v) is 8.02. The molecule has 1 heterocycles. The summed E-state index contributed by atoms with van der Waals surface area (Å²) in [5, 5.41) is 2.11. The van der Waals surface area contributed by atoms with Gasteiger partial charge in [-0.15, -0.1) is 0 Å². The molecule has 0 spiro atoms. The van der Waals surface area contributed by atoms with Crippen molar-refractivity contribution in [3.63, 3.8) is 0 Å². The van der Waals surface area contributed by atoms with Crippen molar-refractivity contribution in [1.29, 1.82) is 0 Å². The SMILES string of the molecule is CC1(NC(=O)C(F)(F)F)CN(C(c2ccccc2)c2ccccc2)C1. The molecule has 3 rings (SSSR count). The van der Waals surface area contributed by atoms with Gasteiger partial charge in [-0.3, -0.25) is 9.69 Å². The molecule has 1 aliphatic heterocycles. The summed E-state index contributed by atoms with van der Waals surface area (Å²) in [6.07, 6.45) is -4.86. The Labute approximate surface area is 144 Å². The molecule has 2 aromatic rings. The van der Waals surface area contributed by atoms with Gasteiger partial charge < -0.3 is 5.32 Å². The minimum Gasteiger partial charge on any atom is -0.341 e. The Morgan fingerprint density at radius 3 is 1.84 bits per heavy atom. The van der Waals surface area contributed by atoms with E-state index in [0.29, 0.717) is 13.1 Å². The van der Waals surface area contributed by atoms with Gasteiger partial charge in [0.15, 0.2) is 0 Å². The second kappa shape index (κ2) is 6.52. The molecular weight excluding hydrogens is 329 g/mol. The van der Waals surface area contributed by atoms with E-state index in [4.69, 9.17) is 0 Å². The number of nitrogens with one attached hydrogen (secondary N) is 1. The van der Waals surface area contributed by atoms with Crippen LogP contribution in [0.4, 0.5) is 13.2 Å². The van der Waals surface area contributed by atoms with Gasteiger partial charge in [-0.05, 0) is 18.1 Å². The van der Waals surface area contributed by atoms with Crippen LogP contribution in [-0.4, -0.2) is 35.6 Å². The van der Waals surface area contributed by atoms with Crippen LogP contribution in [0.5, 0.6) is 0 Å². The normalized spacial score (nSPS) is 17.2. The van der Waals surface area contributed by atoms with E-state index in [1.165, 1.54) is 0 Å². The lowest BCUT2D eigenvalue weighted by atomic mass is 9.86. The van der Waals surface area contributed by atoms with Crippen LogP contribution in [0.25, 0.3) is 0 Å². The number of amides is 1. The fourth-order valence-corrected chi connectivity index (χ4v) is 3.34. The second-order valence-corrected chi connectivity index (χ2v) is 6.64. The van der Waals surface area contributed by atoms with Crippen molar-refractivity contribution < 1.29 is 18.0 Å². The topological polar surface area (TPSA) is 32.3 Å². The number of alkyl halides is 3. The predicted octanol–water partition coefficient (Wildman–Crippen LogP) is 3.53. The molecule has 0 bridgehead atoms. The summed E-state index contributed by atoms with van der Waals surface area (Å²) in [5.74, 6) is -1.88. The van der Waals surface area contributed by atoms with Gasteiger partial charge in [0, 0.05) is 13.1 Å². The molecule has 25 heavy (non-hydrogen) atoms. The van der Waals surface area contributed by atoms with E-state index in [-0.39, 0.29) is 6.04 Å². The number of hydrogen-bond donors (Lipinski definition) is 1. The van der Waals surface area contributed by atoms with Crippen LogP contribution in [-0.2, 0) is 4.79 Å². The van der Waals surface area contributed by atoms with Crippen molar-refractivity contribution in [3.8, 4) is 0 Å². The lowest BCUT2D eigenvalue weighted by molar-refractivity contribution is -0.177. The molecule has 6 heteroatoms. The maximum absolute atomic E-state index is 12.5. The van der Waals surface area contributed by atoms with Gasteiger partial charge in [0.25, 0.3) is 0 Å². The maximum atomic E-state index is 12.5. The Morgan fingerprint density at radius 1 is 1.00 bits per heavy atom. The van der Waals surface area contributed by atoms with E-state index in [0.717, 1.165) is 11.1 Å². The largest absolute Gasteiger partial charge is 0.471 e. The Hall–Kier alpha value is -2.34. The highest BCUT2D eigenvalue weighted by Gasteiger charge is 2.48. The Balaban J connectivity index is 1.78. The molecule has 0 aromatic heterocycles. The Bertz CT molecular complexity index is 686. The Morgan fingerprint density at radius 2 is 1.44 bits per heavy atom. The first kappa shape index (κ1) is 17.5. The molecule has 0 saturated carbocycles. The smallest absolute Gasteiger partial charge is 0.341 e. The summed E-state index contributed by atoms with van der Waals surface area (Å²) in [6, 6.07) is 19.6. The van der Waals surface area contributed by atoms with Gasteiger partial charge in [0.1, 0.15) is 0 Å². The molecule has 0 radical (unpaired) electrons. The molecule has 1 N–H and O–H groups in total. The third kappa shape index (κ3) is 3.85. The van der Waals surface area contributed by atoms with E-state index < -0.39 is 17.6 Å². The molecular formula is C19H19F3N2O. The number of nitrogens with zero attached hydrogens (tertiary/aromatic N) is 1. The fourth-order valence-electron chi connectivity index (χ4n) is 3.34. The molecule has 0 unspecified atom stereocenters. The molecule has 0 atom stereocenters. The molecule has 2 aromatic carbocycles. The number of benzene rings is 2. The van der Waals surface area contributed by atoms with Crippen LogP contribution in [0, 0.1) is 0 Å². The monoisotopic (exact) mass is 348 g/mol. The number of halogens is 3. The zero-order valence-corrected chi connectivity index (χ0v) is 13.8. The third-order valence-electron chi connectivity index (χ3n) is 4.37. The van der Waals surface area contributed by atoms with Crippen LogP contribution in [0.3, 0.4) is 0 Å². The number of hydrogen-bond acceptors (Lipinski definition) is 2. The fraction of sp³-hybridized carbons (Fsp3) is 0.316. The van der Waals surface area contributed by atoms with Crippen molar-refractivity contribution in [1.82, 2.24) is 10.2 Å². The first-order chi connectivity index (χ1) is 11.8. The molecule has 1 saturated heterocycles. The minimum absolute atomic E-state index is 0.0572. The summed E-state index contributed by atoms with van der Waals surface area (Å²) in [6.45, 7) is 2.34. The summed E-state index contributed by atoms with van der Waals surface area (Å²) >= 11 is 0. The number of carbonyl (C=O) groups excluding carboxylic acids is 1. The van der Waals surface area contributed by atoms with Crippen molar-refractivity contribution in [2.45, 2.75) is 24.7 Å². The number of carbonyl (C=O) groups is 1. The van der Waals surface area contributed by atoms with Crippen molar-refractivity contribution >= 4 is 5.91 Å². The van der Waals surface area contributed by atoms with E-state index in [9.17, 15) is 18.0 Å². The van der Waals surface area contributed by atoms with E-state index in [1.807, 2.05) is 60.7 Å². The quantitative estimate of drug-likeness (QED) is 0.917. The maximum Gasteiger partial charge on any atom is 0.471 e. The van der Waals surface area contributed by atoms with Gasteiger partial charge in [-0.25, -0.2) is 0 Å². The van der Waals surface area contributed by atoms with E-state index in [1.54, 1.807) is 6.92 Å². The zero-order valence-electron chi connectivity index (χ0n) is 13.8. The van der Waals surface area contributed by atoms with E-state index >= 15 is 0 Å². The number of rotatable bonds is 4. The molecule has 1 aliphatic rings. The van der Waals surface area contributed by atoms with E-state index in [2.05, 4.69) is 10.2 Å². The van der Waals surface area contributed by atoms with Crippen molar-refractivity contribution in [2.24, 2.45) is 0 Å². The van der Waals surface area contributed by atoms with Gasteiger partial charge in [0.05, 0.1) is 11.6 Å². The first-order valence-electron chi connectivity index (χ1n) is 8.02. The summed E-state index contributed by atoms with van der Waals surface area (Å²) in [5.41, 5.74) is 1.25.